The lowest BCUT2D eigenvalue weighted by Crippen LogP contribution is -2.26. The van der Waals surface area contributed by atoms with Crippen molar-refractivity contribution < 1.29 is 14.7 Å². The summed E-state index contributed by atoms with van der Waals surface area (Å²) in [6, 6.07) is 8.11. The molecule has 1 aromatic carbocycles. The Morgan fingerprint density at radius 3 is 2.55 bits per heavy atom. The van der Waals surface area contributed by atoms with Gasteiger partial charge in [-0.05, 0) is 42.1 Å². The SMILES string of the molecule is Cc1ccsc1CN(C)C(=O)c1cccc(C(=O)O)c1. The molecule has 1 aromatic heterocycles. The number of thiophene rings is 1. The van der Waals surface area contributed by atoms with Gasteiger partial charge in [0.05, 0.1) is 12.1 Å². The summed E-state index contributed by atoms with van der Waals surface area (Å²) in [4.78, 5) is 25.9. The molecule has 0 saturated carbocycles. The topological polar surface area (TPSA) is 57.6 Å². The number of benzene rings is 1. The first-order valence-corrected chi connectivity index (χ1v) is 6.99. The highest BCUT2D eigenvalue weighted by Gasteiger charge is 2.15. The van der Waals surface area contributed by atoms with E-state index >= 15 is 0 Å². The van der Waals surface area contributed by atoms with Crippen molar-refractivity contribution in [3.63, 3.8) is 0 Å². The average molecular weight is 289 g/mol. The molecule has 0 atom stereocenters. The number of carboxylic acid groups (broad SMARTS) is 1. The van der Waals surface area contributed by atoms with E-state index in [2.05, 4.69) is 0 Å². The fraction of sp³-hybridized carbons (Fsp3) is 0.200. The molecule has 5 heteroatoms. The Morgan fingerprint density at radius 1 is 1.25 bits per heavy atom. The van der Waals surface area contributed by atoms with Crippen molar-refractivity contribution in [3.8, 4) is 0 Å². The van der Waals surface area contributed by atoms with E-state index in [0.29, 0.717) is 12.1 Å². The standard InChI is InChI=1S/C15H15NO3S/c1-10-6-7-20-13(10)9-16(2)14(17)11-4-3-5-12(8-11)15(18)19/h3-8H,9H2,1-2H3,(H,18,19). The van der Waals surface area contributed by atoms with Crippen LogP contribution in [0.1, 0.15) is 31.2 Å². The third kappa shape index (κ3) is 3.05. The summed E-state index contributed by atoms with van der Waals surface area (Å²) in [6.07, 6.45) is 0. The van der Waals surface area contributed by atoms with Gasteiger partial charge < -0.3 is 10.0 Å². The fourth-order valence-corrected chi connectivity index (χ4v) is 2.82. The molecule has 1 N–H and O–H groups in total. The summed E-state index contributed by atoms with van der Waals surface area (Å²) in [6.45, 7) is 2.54. The van der Waals surface area contributed by atoms with Gasteiger partial charge in [0, 0.05) is 17.5 Å². The van der Waals surface area contributed by atoms with Crippen LogP contribution in [0.2, 0.25) is 0 Å². The van der Waals surface area contributed by atoms with Crippen LogP contribution in [0.4, 0.5) is 0 Å². The molecule has 0 fully saturated rings. The average Bonchev–Trinajstić information content (AvgIpc) is 2.83. The number of aromatic carboxylic acids is 1. The van der Waals surface area contributed by atoms with Crippen molar-refractivity contribution in [3.05, 3.63) is 57.3 Å². The van der Waals surface area contributed by atoms with Gasteiger partial charge in [-0.25, -0.2) is 4.79 Å². The molecule has 4 nitrogen and oxygen atoms in total. The van der Waals surface area contributed by atoms with Crippen molar-refractivity contribution in [2.45, 2.75) is 13.5 Å². The molecule has 0 unspecified atom stereocenters. The molecule has 2 rings (SSSR count). The highest BCUT2D eigenvalue weighted by molar-refractivity contribution is 7.10. The number of carboxylic acids is 1. The van der Waals surface area contributed by atoms with Crippen LogP contribution in [0.3, 0.4) is 0 Å². The Hall–Kier alpha value is -2.14. The number of aryl methyl sites for hydroxylation is 1. The monoisotopic (exact) mass is 289 g/mol. The van der Waals surface area contributed by atoms with Gasteiger partial charge in [-0.3, -0.25) is 4.79 Å². The molecular formula is C15H15NO3S. The zero-order valence-corrected chi connectivity index (χ0v) is 12.1. The Balaban J connectivity index is 2.16. The number of amides is 1. The number of carbonyl (C=O) groups excluding carboxylic acids is 1. The first kappa shape index (κ1) is 14.3. The van der Waals surface area contributed by atoms with E-state index in [1.54, 1.807) is 35.4 Å². The maximum absolute atomic E-state index is 12.3. The van der Waals surface area contributed by atoms with E-state index in [-0.39, 0.29) is 11.5 Å². The third-order valence-electron chi connectivity index (χ3n) is 3.05. The van der Waals surface area contributed by atoms with Crippen LogP contribution in [0.5, 0.6) is 0 Å². The molecule has 1 heterocycles. The zero-order chi connectivity index (χ0) is 14.7. The Kier molecular flexibility index (Phi) is 4.20. The molecule has 0 radical (unpaired) electrons. The Labute approximate surface area is 121 Å². The smallest absolute Gasteiger partial charge is 0.335 e. The molecule has 0 bridgehead atoms. The van der Waals surface area contributed by atoms with E-state index in [1.165, 1.54) is 12.1 Å². The minimum atomic E-state index is -1.03. The largest absolute Gasteiger partial charge is 0.478 e. The predicted octanol–water partition coefficient (Wildman–Crippen LogP) is 3.03. The van der Waals surface area contributed by atoms with E-state index in [9.17, 15) is 9.59 Å². The summed E-state index contributed by atoms with van der Waals surface area (Å²) in [5, 5.41) is 10.9. The minimum absolute atomic E-state index is 0.122. The van der Waals surface area contributed by atoms with Gasteiger partial charge in [0.15, 0.2) is 0 Å². The molecule has 104 valence electrons. The molecule has 0 saturated heterocycles. The molecule has 1 amide bonds. The molecule has 2 aromatic rings. The third-order valence-corrected chi connectivity index (χ3v) is 4.06. The molecule has 20 heavy (non-hydrogen) atoms. The molecule has 0 aliphatic carbocycles. The van der Waals surface area contributed by atoms with Crippen LogP contribution in [0.25, 0.3) is 0 Å². The first-order valence-electron chi connectivity index (χ1n) is 6.11. The minimum Gasteiger partial charge on any atom is -0.478 e. The molecular weight excluding hydrogens is 274 g/mol. The number of rotatable bonds is 4. The van der Waals surface area contributed by atoms with Crippen LogP contribution in [0.15, 0.2) is 35.7 Å². The second-order valence-corrected chi connectivity index (χ2v) is 5.57. The lowest BCUT2D eigenvalue weighted by Gasteiger charge is -2.17. The highest BCUT2D eigenvalue weighted by Crippen LogP contribution is 2.18. The summed E-state index contributed by atoms with van der Waals surface area (Å²) in [5.74, 6) is -1.21. The quantitative estimate of drug-likeness (QED) is 0.941. The predicted molar refractivity (Wildman–Crippen MR) is 78.3 cm³/mol. The lowest BCUT2D eigenvalue weighted by molar-refractivity contribution is 0.0697. The summed E-state index contributed by atoms with van der Waals surface area (Å²) in [7, 11) is 1.72. The van der Waals surface area contributed by atoms with Crippen molar-refractivity contribution in [1.29, 1.82) is 0 Å². The number of nitrogens with zero attached hydrogens (tertiary/aromatic N) is 1. The number of hydrogen-bond donors (Lipinski definition) is 1. The first-order chi connectivity index (χ1) is 9.49. The maximum Gasteiger partial charge on any atom is 0.335 e. The van der Waals surface area contributed by atoms with Gasteiger partial charge in [0.1, 0.15) is 0 Å². The molecule has 0 aliphatic heterocycles. The molecule has 0 aliphatic rings. The molecule has 0 spiro atoms. The normalized spacial score (nSPS) is 10.3. The van der Waals surface area contributed by atoms with Gasteiger partial charge in [-0.15, -0.1) is 11.3 Å². The van der Waals surface area contributed by atoms with Crippen molar-refractivity contribution >= 4 is 23.2 Å². The van der Waals surface area contributed by atoms with Crippen LogP contribution in [-0.4, -0.2) is 28.9 Å². The van der Waals surface area contributed by atoms with Gasteiger partial charge in [-0.2, -0.15) is 0 Å². The van der Waals surface area contributed by atoms with Crippen molar-refractivity contribution in [2.24, 2.45) is 0 Å². The maximum atomic E-state index is 12.3. The van der Waals surface area contributed by atoms with Gasteiger partial charge in [0.25, 0.3) is 5.91 Å². The fourth-order valence-electron chi connectivity index (χ4n) is 1.86. The van der Waals surface area contributed by atoms with E-state index in [1.807, 2.05) is 18.4 Å². The van der Waals surface area contributed by atoms with Gasteiger partial charge in [-0.1, -0.05) is 6.07 Å². The van der Waals surface area contributed by atoms with Crippen LogP contribution in [0, 0.1) is 6.92 Å². The van der Waals surface area contributed by atoms with E-state index in [4.69, 9.17) is 5.11 Å². The van der Waals surface area contributed by atoms with E-state index < -0.39 is 5.97 Å². The van der Waals surface area contributed by atoms with Gasteiger partial charge in [0.2, 0.25) is 0 Å². The zero-order valence-electron chi connectivity index (χ0n) is 11.3. The van der Waals surface area contributed by atoms with E-state index in [0.717, 1.165) is 10.4 Å². The summed E-state index contributed by atoms with van der Waals surface area (Å²) >= 11 is 1.61. The second kappa shape index (κ2) is 5.88. The summed E-state index contributed by atoms with van der Waals surface area (Å²) in [5.41, 5.74) is 1.67. The number of carbonyl (C=O) groups is 2. The van der Waals surface area contributed by atoms with Crippen LogP contribution in [-0.2, 0) is 6.54 Å². The number of hydrogen-bond acceptors (Lipinski definition) is 3. The van der Waals surface area contributed by atoms with Crippen molar-refractivity contribution in [2.75, 3.05) is 7.05 Å². The van der Waals surface area contributed by atoms with Gasteiger partial charge >= 0.3 is 5.97 Å². The van der Waals surface area contributed by atoms with Crippen LogP contribution >= 0.6 is 11.3 Å². The lowest BCUT2D eigenvalue weighted by atomic mass is 10.1. The Morgan fingerprint density at radius 2 is 1.95 bits per heavy atom. The van der Waals surface area contributed by atoms with Crippen molar-refractivity contribution in [1.82, 2.24) is 4.90 Å². The summed E-state index contributed by atoms with van der Waals surface area (Å²) < 4.78 is 0. The second-order valence-electron chi connectivity index (χ2n) is 4.57. The van der Waals surface area contributed by atoms with Crippen LogP contribution < -0.4 is 0 Å². The highest BCUT2D eigenvalue weighted by atomic mass is 32.1. The Bertz CT molecular complexity index is 648.